The first-order chi connectivity index (χ1) is 11.8. The van der Waals surface area contributed by atoms with Crippen LogP contribution in [-0.2, 0) is 4.74 Å². The highest BCUT2D eigenvalue weighted by atomic mass is 16.5. The SMILES string of the molecule is CCCCCCCC/C=C\CCCCCCCCO.CCOCC. The van der Waals surface area contributed by atoms with E-state index in [1.54, 1.807) is 0 Å². The Morgan fingerprint density at radius 2 is 1.00 bits per heavy atom. The van der Waals surface area contributed by atoms with Gasteiger partial charge in [0, 0.05) is 19.8 Å². The van der Waals surface area contributed by atoms with Crippen LogP contribution in [0.4, 0.5) is 0 Å². The molecule has 0 spiro atoms. The minimum absolute atomic E-state index is 0.362. The molecule has 0 heterocycles. The van der Waals surface area contributed by atoms with E-state index in [-0.39, 0.29) is 0 Å². The van der Waals surface area contributed by atoms with Crippen LogP contribution in [0.5, 0.6) is 0 Å². The fraction of sp³-hybridized carbons (Fsp3) is 0.909. The number of allylic oxidation sites excluding steroid dienone is 2. The predicted molar refractivity (Wildman–Crippen MR) is 109 cm³/mol. The molecular weight excluding hydrogens is 296 g/mol. The van der Waals surface area contributed by atoms with Gasteiger partial charge in [-0.3, -0.25) is 0 Å². The zero-order valence-electron chi connectivity index (χ0n) is 17.0. The van der Waals surface area contributed by atoms with Crippen LogP contribution in [0.25, 0.3) is 0 Å². The molecule has 0 fully saturated rings. The third-order valence-electron chi connectivity index (χ3n) is 4.08. The minimum atomic E-state index is 0.362. The van der Waals surface area contributed by atoms with Gasteiger partial charge in [-0.25, -0.2) is 0 Å². The van der Waals surface area contributed by atoms with E-state index in [0.717, 1.165) is 19.6 Å². The molecule has 2 nitrogen and oxygen atoms in total. The Balaban J connectivity index is 0. The summed E-state index contributed by atoms with van der Waals surface area (Å²) in [6.45, 7) is 8.30. The van der Waals surface area contributed by atoms with Crippen LogP contribution in [0.3, 0.4) is 0 Å². The number of aliphatic hydroxyl groups excluding tert-OH is 1. The van der Waals surface area contributed by atoms with Crippen molar-refractivity contribution in [2.75, 3.05) is 19.8 Å². The van der Waals surface area contributed by atoms with E-state index >= 15 is 0 Å². The van der Waals surface area contributed by atoms with E-state index in [1.165, 1.54) is 83.5 Å². The highest BCUT2D eigenvalue weighted by molar-refractivity contribution is 4.81. The number of aliphatic hydroxyl groups is 1. The van der Waals surface area contributed by atoms with Gasteiger partial charge in [0.25, 0.3) is 0 Å². The van der Waals surface area contributed by atoms with Crippen molar-refractivity contribution in [3.8, 4) is 0 Å². The Labute approximate surface area is 153 Å². The molecule has 0 amide bonds. The van der Waals surface area contributed by atoms with Gasteiger partial charge in [-0.15, -0.1) is 0 Å². The van der Waals surface area contributed by atoms with E-state index in [0.29, 0.717) is 6.61 Å². The summed E-state index contributed by atoms with van der Waals surface area (Å²) in [6, 6.07) is 0. The van der Waals surface area contributed by atoms with Crippen molar-refractivity contribution in [2.24, 2.45) is 0 Å². The number of hydrogen-bond acceptors (Lipinski definition) is 2. The second-order valence-electron chi connectivity index (χ2n) is 6.44. The summed E-state index contributed by atoms with van der Waals surface area (Å²) in [5, 5.41) is 8.66. The highest BCUT2D eigenvalue weighted by Crippen LogP contribution is 2.09. The molecule has 0 aromatic rings. The third-order valence-corrected chi connectivity index (χ3v) is 4.08. The average molecular weight is 343 g/mol. The summed E-state index contributed by atoms with van der Waals surface area (Å²) in [5.41, 5.74) is 0. The molecule has 0 aromatic carbocycles. The highest BCUT2D eigenvalue weighted by Gasteiger charge is 1.90. The molecule has 0 saturated heterocycles. The topological polar surface area (TPSA) is 29.5 Å². The molecule has 0 aliphatic heterocycles. The smallest absolute Gasteiger partial charge is 0.0437 e. The Hall–Kier alpha value is -0.340. The molecule has 0 bridgehead atoms. The second-order valence-corrected chi connectivity index (χ2v) is 6.44. The van der Waals surface area contributed by atoms with Crippen LogP contribution in [0.15, 0.2) is 12.2 Å². The van der Waals surface area contributed by atoms with E-state index in [1.807, 2.05) is 13.8 Å². The first-order valence-electron chi connectivity index (χ1n) is 10.7. The normalized spacial score (nSPS) is 10.8. The molecule has 0 atom stereocenters. The lowest BCUT2D eigenvalue weighted by Crippen LogP contribution is -1.84. The van der Waals surface area contributed by atoms with Crippen molar-refractivity contribution >= 4 is 0 Å². The van der Waals surface area contributed by atoms with Crippen LogP contribution in [0.1, 0.15) is 111 Å². The summed E-state index contributed by atoms with van der Waals surface area (Å²) >= 11 is 0. The van der Waals surface area contributed by atoms with Gasteiger partial charge in [-0.1, -0.05) is 76.9 Å². The lowest BCUT2D eigenvalue weighted by atomic mass is 10.1. The standard InChI is InChI=1S/C18H36O.C4H10O/c1-2-3-4-5-6-7-8-9-10-11-12-13-14-15-16-17-18-19;1-3-5-4-2/h9-10,19H,2-8,11-18H2,1H3;3-4H2,1-2H3/b10-9-;. The molecule has 2 heteroatoms. The maximum absolute atomic E-state index is 8.66. The molecule has 0 rings (SSSR count). The van der Waals surface area contributed by atoms with Gasteiger partial charge >= 0.3 is 0 Å². The predicted octanol–water partition coefficient (Wildman–Crippen LogP) is 7.06. The number of hydrogen-bond donors (Lipinski definition) is 1. The van der Waals surface area contributed by atoms with Gasteiger partial charge in [0.2, 0.25) is 0 Å². The Bertz CT molecular complexity index is 212. The lowest BCUT2D eigenvalue weighted by molar-refractivity contribution is 0.162. The largest absolute Gasteiger partial charge is 0.396 e. The molecule has 24 heavy (non-hydrogen) atoms. The van der Waals surface area contributed by atoms with Crippen LogP contribution in [0, 0.1) is 0 Å². The molecule has 1 N–H and O–H groups in total. The molecule has 0 unspecified atom stereocenters. The number of rotatable bonds is 17. The zero-order valence-corrected chi connectivity index (χ0v) is 17.0. The van der Waals surface area contributed by atoms with Crippen molar-refractivity contribution in [2.45, 2.75) is 111 Å². The van der Waals surface area contributed by atoms with Gasteiger partial charge in [-0.2, -0.15) is 0 Å². The number of unbranched alkanes of at least 4 members (excludes halogenated alkanes) is 12. The number of ether oxygens (including phenoxy) is 1. The first-order valence-corrected chi connectivity index (χ1v) is 10.7. The lowest BCUT2D eigenvalue weighted by Gasteiger charge is -1.99. The van der Waals surface area contributed by atoms with Gasteiger partial charge < -0.3 is 9.84 Å². The fourth-order valence-electron chi connectivity index (χ4n) is 2.56. The maximum atomic E-state index is 8.66. The molecule has 0 saturated carbocycles. The van der Waals surface area contributed by atoms with Crippen LogP contribution < -0.4 is 0 Å². The third kappa shape index (κ3) is 29.6. The molecule has 0 radical (unpaired) electrons. The van der Waals surface area contributed by atoms with Crippen LogP contribution in [-0.4, -0.2) is 24.9 Å². The summed E-state index contributed by atoms with van der Waals surface area (Å²) in [4.78, 5) is 0. The van der Waals surface area contributed by atoms with E-state index in [9.17, 15) is 0 Å². The van der Waals surface area contributed by atoms with E-state index < -0.39 is 0 Å². The van der Waals surface area contributed by atoms with Crippen molar-refractivity contribution in [3.05, 3.63) is 12.2 Å². The van der Waals surface area contributed by atoms with E-state index in [2.05, 4.69) is 19.1 Å². The quantitative estimate of drug-likeness (QED) is 0.226. The summed E-state index contributed by atoms with van der Waals surface area (Å²) in [5.74, 6) is 0. The Kier molecular flexibility index (Phi) is 29.7. The van der Waals surface area contributed by atoms with Crippen molar-refractivity contribution in [1.82, 2.24) is 0 Å². The molecule has 0 aromatic heterocycles. The van der Waals surface area contributed by atoms with Gasteiger partial charge in [0.05, 0.1) is 0 Å². The summed E-state index contributed by atoms with van der Waals surface area (Å²) in [7, 11) is 0. The monoisotopic (exact) mass is 342 g/mol. The Morgan fingerprint density at radius 3 is 1.38 bits per heavy atom. The molecule has 0 aliphatic carbocycles. The Morgan fingerprint density at radius 1 is 0.583 bits per heavy atom. The molecule has 146 valence electrons. The van der Waals surface area contributed by atoms with Crippen molar-refractivity contribution in [1.29, 1.82) is 0 Å². The zero-order chi connectivity index (χ0) is 18.1. The summed E-state index contributed by atoms with van der Waals surface area (Å²) in [6.07, 6.45) is 23.2. The van der Waals surface area contributed by atoms with Crippen molar-refractivity contribution in [3.63, 3.8) is 0 Å². The van der Waals surface area contributed by atoms with Crippen LogP contribution in [0.2, 0.25) is 0 Å². The first kappa shape index (κ1) is 25.9. The van der Waals surface area contributed by atoms with E-state index in [4.69, 9.17) is 9.84 Å². The molecular formula is C22H46O2. The second kappa shape index (κ2) is 27.5. The molecule has 0 aliphatic rings. The average Bonchev–Trinajstić information content (AvgIpc) is 2.60. The van der Waals surface area contributed by atoms with Gasteiger partial charge in [0.15, 0.2) is 0 Å². The van der Waals surface area contributed by atoms with Gasteiger partial charge in [-0.05, 0) is 46.0 Å². The van der Waals surface area contributed by atoms with Crippen LogP contribution >= 0.6 is 0 Å². The minimum Gasteiger partial charge on any atom is -0.396 e. The maximum Gasteiger partial charge on any atom is 0.0437 e. The van der Waals surface area contributed by atoms with Gasteiger partial charge in [0.1, 0.15) is 0 Å². The fourth-order valence-corrected chi connectivity index (χ4v) is 2.56. The summed E-state index contributed by atoms with van der Waals surface area (Å²) < 4.78 is 4.83. The van der Waals surface area contributed by atoms with Crippen molar-refractivity contribution < 1.29 is 9.84 Å².